The fourth-order valence-corrected chi connectivity index (χ4v) is 3.53. The molecule has 6 nitrogen and oxygen atoms in total. The van der Waals surface area contributed by atoms with Crippen LogP contribution in [0.25, 0.3) is 0 Å². The summed E-state index contributed by atoms with van der Waals surface area (Å²) >= 11 is 0. The maximum Gasteiger partial charge on any atom is 0.200 e. The van der Waals surface area contributed by atoms with E-state index < -0.39 is 0 Å². The van der Waals surface area contributed by atoms with Gasteiger partial charge in [0.15, 0.2) is 17.5 Å². The number of benzene rings is 1. The van der Waals surface area contributed by atoms with Gasteiger partial charge in [0.05, 0.1) is 14.2 Å². The average molecular weight is 364 g/mol. The molecule has 1 saturated carbocycles. The largest absolute Gasteiger partial charge is 0.502 e. The minimum absolute atomic E-state index is 0.0176. The molecule has 0 radical (unpaired) electrons. The van der Waals surface area contributed by atoms with E-state index in [0.29, 0.717) is 18.0 Å². The summed E-state index contributed by atoms with van der Waals surface area (Å²) < 4.78 is 10.4. The molecule has 3 N–H and O–H groups in total. The maximum absolute atomic E-state index is 9.98. The van der Waals surface area contributed by atoms with E-state index in [1.807, 2.05) is 0 Å². The molecule has 0 amide bonds. The summed E-state index contributed by atoms with van der Waals surface area (Å²) in [6.45, 7) is 1.49. The number of nitrogens with zero attached hydrogens (tertiary/aromatic N) is 1. The summed E-state index contributed by atoms with van der Waals surface area (Å²) in [5, 5.41) is 16.6. The number of hydrogen-bond donors (Lipinski definition) is 3. The van der Waals surface area contributed by atoms with Crippen molar-refractivity contribution in [1.29, 1.82) is 0 Å². The van der Waals surface area contributed by atoms with Gasteiger partial charge in [-0.1, -0.05) is 32.1 Å². The van der Waals surface area contributed by atoms with Crippen LogP contribution in [0, 0.1) is 5.92 Å². The topological polar surface area (TPSA) is 75.1 Å². The summed E-state index contributed by atoms with van der Waals surface area (Å²) in [6.07, 6.45) is 9.50. The number of ether oxygens (including phenoxy) is 2. The molecule has 0 spiro atoms. The van der Waals surface area contributed by atoms with Crippen molar-refractivity contribution >= 4 is 5.96 Å². The van der Waals surface area contributed by atoms with Gasteiger partial charge in [-0.2, -0.15) is 0 Å². The number of aliphatic imine (C=N–C) groups is 1. The minimum Gasteiger partial charge on any atom is -0.502 e. The number of phenols is 1. The lowest BCUT2D eigenvalue weighted by atomic mass is 9.86. The second kappa shape index (κ2) is 10.8. The number of phenolic OH excluding ortho intramolecular Hbond substituents is 1. The third kappa shape index (κ3) is 6.00. The molecule has 1 fully saturated rings. The fraction of sp³-hybridized carbons (Fsp3) is 0.650. The predicted octanol–water partition coefficient (Wildman–Crippen LogP) is 3.43. The van der Waals surface area contributed by atoms with E-state index >= 15 is 0 Å². The molecular formula is C20H33N3O3. The SMILES string of the molecule is CN=C(NCCCC1CCCCC1)NCc1cc(OC)c(O)c(OC)c1. The van der Waals surface area contributed by atoms with Crippen LogP contribution in [0.4, 0.5) is 0 Å². The van der Waals surface area contributed by atoms with Crippen molar-refractivity contribution in [2.75, 3.05) is 27.8 Å². The van der Waals surface area contributed by atoms with E-state index in [0.717, 1.165) is 24.0 Å². The molecule has 1 aromatic rings. The lowest BCUT2D eigenvalue weighted by molar-refractivity contribution is 0.332. The van der Waals surface area contributed by atoms with Crippen molar-refractivity contribution in [2.24, 2.45) is 10.9 Å². The Balaban J connectivity index is 1.77. The molecule has 1 aliphatic carbocycles. The van der Waals surface area contributed by atoms with E-state index in [1.165, 1.54) is 59.2 Å². The number of hydrogen-bond acceptors (Lipinski definition) is 4. The Morgan fingerprint density at radius 1 is 1.12 bits per heavy atom. The first-order valence-corrected chi connectivity index (χ1v) is 9.56. The second-order valence-corrected chi connectivity index (χ2v) is 6.85. The van der Waals surface area contributed by atoms with E-state index in [1.54, 1.807) is 19.2 Å². The third-order valence-electron chi connectivity index (χ3n) is 5.03. The standard InChI is InChI=1S/C20H33N3O3/c1-21-20(22-11-7-10-15-8-5-4-6-9-15)23-14-16-12-17(25-2)19(24)18(13-16)26-3/h12-13,15,24H,4-11,14H2,1-3H3,(H2,21,22,23). The molecule has 6 heteroatoms. The van der Waals surface area contributed by atoms with Gasteiger partial charge in [0.25, 0.3) is 0 Å². The molecular weight excluding hydrogens is 330 g/mol. The minimum atomic E-state index is 0.0176. The van der Waals surface area contributed by atoms with Crippen LogP contribution >= 0.6 is 0 Å². The van der Waals surface area contributed by atoms with Gasteiger partial charge >= 0.3 is 0 Å². The van der Waals surface area contributed by atoms with Crippen molar-refractivity contribution < 1.29 is 14.6 Å². The van der Waals surface area contributed by atoms with Gasteiger partial charge in [-0.05, 0) is 36.5 Å². The zero-order chi connectivity index (χ0) is 18.8. The van der Waals surface area contributed by atoms with Crippen molar-refractivity contribution in [2.45, 2.75) is 51.5 Å². The number of methoxy groups -OCH3 is 2. The molecule has 1 aromatic carbocycles. The Hall–Kier alpha value is -2.11. The molecule has 0 saturated heterocycles. The van der Waals surface area contributed by atoms with E-state index in [-0.39, 0.29) is 5.75 Å². The van der Waals surface area contributed by atoms with Crippen molar-refractivity contribution in [3.63, 3.8) is 0 Å². The van der Waals surface area contributed by atoms with E-state index in [4.69, 9.17) is 9.47 Å². The van der Waals surface area contributed by atoms with Crippen LogP contribution in [-0.2, 0) is 6.54 Å². The van der Waals surface area contributed by atoms with Crippen LogP contribution in [-0.4, -0.2) is 38.9 Å². The first-order chi connectivity index (χ1) is 12.7. The predicted molar refractivity (Wildman–Crippen MR) is 105 cm³/mol. The lowest BCUT2D eigenvalue weighted by Crippen LogP contribution is -2.37. The molecule has 0 unspecified atom stereocenters. The molecule has 26 heavy (non-hydrogen) atoms. The van der Waals surface area contributed by atoms with Crippen LogP contribution in [0.1, 0.15) is 50.5 Å². The molecule has 0 aromatic heterocycles. The maximum atomic E-state index is 9.98. The van der Waals surface area contributed by atoms with Gasteiger partial charge in [-0.3, -0.25) is 4.99 Å². The van der Waals surface area contributed by atoms with Crippen molar-refractivity contribution in [3.05, 3.63) is 17.7 Å². The normalized spacial score (nSPS) is 15.6. The highest BCUT2D eigenvalue weighted by Gasteiger charge is 2.13. The zero-order valence-corrected chi connectivity index (χ0v) is 16.3. The molecule has 0 heterocycles. The van der Waals surface area contributed by atoms with E-state index in [2.05, 4.69) is 15.6 Å². The van der Waals surface area contributed by atoms with Crippen LogP contribution < -0.4 is 20.1 Å². The van der Waals surface area contributed by atoms with Gasteiger partial charge < -0.3 is 25.2 Å². The van der Waals surface area contributed by atoms with Gasteiger partial charge in [0, 0.05) is 20.1 Å². The van der Waals surface area contributed by atoms with Crippen LogP contribution in [0.2, 0.25) is 0 Å². The Morgan fingerprint density at radius 2 is 1.77 bits per heavy atom. The fourth-order valence-electron chi connectivity index (χ4n) is 3.53. The molecule has 0 atom stereocenters. The highest BCUT2D eigenvalue weighted by atomic mass is 16.5. The summed E-state index contributed by atoms with van der Waals surface area (Å²) in [4.78, 5) is 4.27. The summed E-state index contributed by atoms with van der Waals surface area (Å²) in [6, 6.07) is 3.59. The van der Waals surface area contributed by atoms with Gasteiger partial charge in [0.2, 0.25) is 5.75 Å². The summed E-state index contributed by atoms with van der Waals surface area (Å²) in [7, 11) is 4.82. The Labute approximate surface area is 157 Å². The van der Waals surface area contributed by atoms with E-state index in [9.17, 15) is 5.11 Å². The molecule has 146 valence electrons. The first kappa shape index (κ1) is 20.2. The van der Waals surface area contributed by atoms with Gasteiger partial charge in [-0.25, -0.2) is 0 Å². The summed E-state index contributed by atoms with van der Waals surface area (Å²) in [5.41, 5.74) is 0.946. The molecule has 0 aliphatic heterocycles. The average Bonchev–Trinajstić information content (AvgIpc) is 2.69. The Morgan fingerprint density at radius 3 is 2.35 bits per heavy atom. The highest BCUT2D eigenvalue weighted by molar-refractivity contribution is 5.79. The zero-order valence-electron chi connectivity index (χ0n) is 16.3. The molecule has 0 bridgehead atoms. The molecule has 1 aliphatic rings. The van der Waals surface area contributed by atoms with Crippen LogP contribution in [0.15, 0.2) is 17.1 Å². The first-order valence-electron chi connectivity index (χ1n) is 9.56. The quantitative estimate of drug-likeness (QED) is 0.375. The smallest absolute Gasteiger partial charge is 0.200 e. The summed E-state index contributed by atoms with van der Waals surface area (Å²) in [5.74, 6) is 2.51. The van der Waals surface area contributed by atoms with Crippen LogP contribution in [0.3, 0.4) is 0 Å². The van der Waals surface area contributed by atoms with Crippen molar-refractivity contribution in [3.8, 4) is 17.2 Å². The number of rotatable bonds is 8. The molecule has 2 rings (SSSR count). The number of nitrogens with one attached hydrogen (secondary N) is 2. The Kier molecular flexibility index (Phi) is 8.38. The van der Waals surface area contributed by atoms with Gasteiger partial charge in [0.1, 0.15) is 0 Å². The van der Waals surface area contributed by atoms with Crippen LogP contribution in [0.5, 0.6) is 17.2 Å². The monoisotopic (exact) mass is 363 g/mol. The Bertz CT molecular complexity index is 559. The second-order valence-electron chi connectivity index (χ2n) is 6.85. The third-order valence-corrected chi connectivity index (χ3v) is 5.03. The van der Waals surface area contributed by atoms with Crippen molar-refractivity contribution in [1.82, 2.24) is 10.6 Å². The highest BCUT2D eigenvalue weighted by Crippen LogP contribution is 2.37. The number of aromatic hydroxyl groups is 1. The lowest BCUT2D eigenvalue weighted by Gasteiger charge is -2.21. The van der Waals surface area contributed by atoms with Gasteiger partial charge in [-0.15, -0.1) is 0 Å². The number of guanidine groups is 1.